The Bertz CT molecular complexity index is 490. The van der Waals surface area contributed by atoms with Gasteiger partial charge in [0.2, 0.25) is 5.91 Å². The summed E-state index contributed by atoms with van der Waals surface area (Å²) in [6.07, 6.45) is 0.862. The van der Waals surface area contributed by atoms with Crippen LogP contribution in [0.4, 0.5) is 14.9 Å². The van der Waals surface area contributed by atoms with Crippen LogP contribution in [0.3, 0.4) is 0 Å². The van der Waals surface area contributed by atoms with E-state index >= 15 is 0 Å². The summed E-state index contributed by atoms with van der Waals surface area (Å²) in [5, 5.41) is 2.74. The molecule has 1 aromatic rings. The molecule has 0 aliphatic carbocycles. The number of nitrogens with zero attached hydrogens (tertiary/aromatic N) is 2. The van der Waals surface area contributed by atoms with E-state index in [2.05, 4.69) is 5.32 Å². The second-order valence-corrected chi connectivity index (χ2v) is 4.68. The first-order valence-electron chi connectivity index (χ1n) is 6.70. The number of urea groups is 1. The summed E-state index contributed by atoms with van der Waals surface area (Å²) >= 11 is 0. The van der Waals surface area contributed by atoms with Gasteiger partial charge in [-0.3, -0.25) is 9.69 Å². The second kappa shape index (κ2) is 6.36. The molecule has 0 radical (unpaired) electrons. The van der Waals surface area contributed by atoms with Gasteiger partial charge < -0.3 is 10.2 Å². The molecule has 1 saturated heterocycles. The maximum Gasteiger partial charge on any atom is 0.325 e. The molecule has 0 saturated carbocycles. The standard InChI is InChI=1S/C14H18FN3O2/c1-2-7-16-13(19)10-17-8-9-18(14(17)20)12-5-3-11(15)4-6-12/h3-6H,2,7-10H2,1H3,(H,16,19). The molecule has 6 heteroatoms. The van der Waals surface area contributed by atoms with E-state index in [1.807, 2.05) is 6.92 Å². The number of anilines is 1. The van der Waals surface area contributed by atoms with Crippen molar-refractivity contribution >= 4 is 17.6 Å². The lowest BCUT2D eigenvalue weighted by molar-refractivity contribution is -0.121. The smallest absolute Gasteiger partial charge is 0.325 e. The van der Waals surface area contributed by atoms with Gasteiger partial charge in [-0.2, -0.15) is 0 Å². The summed E-state index contributed by atoms with van der Waals surface area (Å²) in [6.45, 7) is 3.65. The van der Waals surface area contributed by atoms with Crippen molar-refractivity contribution in [1.82, 2.24) is 10.2 Å². The number of benzene rings is 1. The number of carbonyl (C=O) groups is 2. The monoisotopic (exact) mass is 279 g/mol. The van der Waals surface area contributed by atoms with Gasteiger partial charge >= 0.3 is 6.03 Å². The van der Waals surface area contributed by atoms with Gasteiger partial charge in [-0.05, 0) is 30.7 Å². The summed E-state index contributed by atoms with van der Waals surface area (Å²) in [7, 11) is 0. The zero-order valence-electron chi connectivity index (χ0n) is 11.4. The first-order chi connectivity index (χ1) is 9.61. The molecule has 20 heavy (non-hydrogen) atoms. The lowest BCUT2D eigenvalue weighted by Gasteiger charge is -2.18. The Labute approximate surface area is 117 Å². The number of hydrogen-bond donors (Lipinski definition) is 1. The quantitative estimate of drug-likeness (QED) is 0.890. The molecule has 0 unspecified atom stereocenters. The molecule has 0 aromatic heterocycles. The minimum atomic E-state index is -0.337. The highest BCUT2D eigenvalue weighted by Crippen LogP contribution is 2.20. The molecule has 0 spiro atoms. The maximum absolute atomic E-state index is 12.9. The average Bonchev–Trinajstić information content (AvgIpc) is 2.79. The number of carbonyl (C=O) groups excluding carboxylic acids is 2. The molecular weight excluding hydrogens is 261 g/mol. The fourth-order valence-electron chi connectivity index (χ4n) is 2.08. The number of halogens is 1. The third-order valence-corrected chi connectivity index (χ3v) is 3.14. The van der Waals surface area contributed by atoms with E-state index in [4.69, 9.17) is 0 Å². The lowest BCUT2D eigenvalue weighted by Crippen LogP contribution is -2.40. The van der Waals surface area contributed by atoms with Crippen molar-refractivity contribution in [3.8, 4) is 0 Å². The van der Waals surface area contributed by atoms with E-state index < -0.39 is 0 Å². The second-order valence-electron chi connectivity index (χ2n) is 4.68. The van der Waals surface area contributed by atoms with Gasteiger partial charge in [-0.1, -0.05) is 6.92 Å². The van der Waals surface area contributed by atoms with Crippen LogP contribution in [0.5, 0.6) is 0 Å². The summed E-state index contributed by atoms with van der Waals surface area (Å²) in [5.41, 5.74) is 0.646. The molecule has 1 heterocycles. The topological polar surface area (TPSA) is 52.7 Å². The molecule has 5 nitrogen and oxygen atoms in total. The Morgan fingerprint density at radius 2 is 2.00 bits per heavy atom. The van der Waals surface area contributed by atoms with Crippen molar-refractivity contribution in [3.05, 3.63) is 30.1 Å². The molecule has 0 bridgehead atoms. The number of rotatable bonds is 5. The van der Waals surface area contributed by atoms with Crippen LogP contribution in [0.15, 0.2) is 24.3 Å². The molecule has 3 amide bonds. The maximum atomic E-state index is 12.9. The normalized spacial score (nSPS) is 14.8. The third kappa shape index (κ3) is 3.26. The van der Waals surface area contributed by atoms with Crippen molar-refractivity contribution in [2.75, 3.05) is 31.1 Å². The molecule has 1 aromatic carbocycles. The van der Waals surface area contributed by atoms with Crippen LogP contribution in [-0.4, -0.2) is 43.0 Å². The van der Waals surface area contributed by atoms with Gasteiger partial charge in [0.05, 0.1) is 0 Å². The predicted octanol–water partition coefficient (Wildman–Crippen LogP) is 1.59. The van der Waals surface area contributed by atoms with Crippen molar-refractivity contribution in [1.29, 1.82) is 0 Å². The fraction of sp³-hybridized carbons (Fsp3) is 0.429. The van der Waals surface area contributed by atoms with Gasteiger partial charge in [0.25, 0.3) is 0 Å². The van der Waals surface area contributed by atoms with E-state index in [-0.39, 0.29) is 24.3 Å². The van der Waals surface area contributed by atoms with Crippen LogP contribution in [0.25, 0.3) is 0 Å². The van der Waals surface area contributed by atoms with Crippen molar-refractivity contribution in [3.63, 3.8) is 0 Å². The van der Waals surface area contributed by atoms with Crippen LogP contribution in [-0.2, 0) is 4.79 Å². The Morgan fingerprint density at radius 3 is 2.65 bits per heavy atom. The molecule has 1 aliphatic heterocycles. The number of hydrogen-bond acceptors (Lipinski definition) is 2. The Kier molecular flexibility index (Phi) is 4.55. The predicted molar refractivity (Wildman–Crippen MR) is 74.0 cm³/mol. The largest absolute Gasteiger partial charge is 0.355 e. The van der Waals surface area contributed by atoms with Gasteiger partial charge in [0.1, 0.15) is 12.4 Å². The first kappa shape index (κ1) is 14.3. The van der Waals surface area contributed by atoms with Gasteiger partial charge in [0, 0.05) is 25.3 Å². The Hall–Kier alpha value is -2.11. The van der Waals surface area contributed by atoms with Gasteiger partial charge in [0.15, 0.2) is 0 Å². The summed E-state index contributed by atoms with van der Waals surface area (Å²) in [4.78, 5) is 26.8. The first-order valence-corrected chi connectivity index (χ1v) is 6.70. The highest BCUT2D eigenvalue weighted by atomic mass is 19.1. The zero-order valence-corrected chi connectivity index (χ0v) is 11.4. The molecule has 1 aliphatic rings. The molecular formula is C14H18FN3O2. The lowest BCUT2D eigenvalue weighted by atomic mass is 10.3. The molecule has 1 fully saturated rings. The Morgan fingerprint density at radius 1 is 1.30 bits per heavy atom. The SMILES string of the molecule is CCCNC(=O)CN1CCN(c2ccc(F)cc2)C1=O. The number of amides is 3. The summed E-state index contributed by atoms with van der Waals surface area (Å²) in [5.74, 6) is -0.489. The highest BCUT2D eigenvalue weighted by Gasteiger charge is 2.30. The Balaban J connectivity index is 1.95. The van der Waals surface area contributed by atoms with Crippen LogP contribution < -0.4 is 10.2 Å². The van der Waals surface area contributed by atoms with E-state index in [9.17, 15) is 14.0 Å². The van der Waals surface area contributed by atoms with Crippen LogP contribution >= 0.6 is 0 Å². The zero-order chi connectivity index (χ0) is 14.5. The van der Waals surface area contributed by atoms with Crippen LogP contribution in [0.1, 0.15) is 13.3 Å². The van der Waals surface area contributed by atoms with E-state index in [0.29, 0.717) is 25.3 Å². The molecule has 1 N–H and O–H groups in total. The molecule has 108 valence electrons. The van der Waals surface area contributed by atoms with Crippen molar-refractivity contribution < 1.29 is 14.0 Å². The van der Waals surface area contributed by atoms with Crippen molar-refractivity contribution in [2.24, 2.45) is 0 Å². The fourth-order valence-corrected chi connectivity index (χ4v) is 2.08. The summed E-state index contributed by atoms with van der Waals surface area (Å²) in [6, 6.07) is 5.54. The minimum absolute atomic E-state index is 0.0660. The van der Waals surface area contributed by atoms with Gasteiger partial charge in [-0.15, -0.1) is 0 Å². The average molecular weight is 279 g/mol. The van der Waals surface area contributed by atoms with Crippen LogP contribution in [0, 0.1) is 5.82 Å². The number of nitrogens with one attached hydrogen (secondary N) is 1. The van der Waals surface area contributed by atoms with Gasteiger partial charge in [-0.25, -0.2) is 9.18 Å². The molecule has 0 atom stereocenters. The van der Waals surface area contributed by atoms with Crippen molar-refractivity contribution in [2.45, 2.75) is 13.3 Å². The van der Waals surface area contributed by atoms with E-state index in [1.165, 1.54) is 17.0 Å². The minimum Gasteiger partial charge on any atom is -0.355 e. The van der Waals surface area contributed by atoms with E-state index in [1.54, 1.807) is 17.0 Å². The highest BCUT2D eigenvalue weighted by molar-refractivity contribution is 5.96. The van der Waals surface area contributed by atoms with E-state index in [0.717, 1.165) is 6.42 Å². The summed E-state index contributed by atoms with van der Waals surface area (Å²) < 4.78 is 12.9. The van der Waals surface area contributed by atoms with Crippen LogP contribution in [0.2, 0.25) is 0 Å². The molecule has 2 rings (SSSR count). The third-order valence-electron chi connectivity index (χ3n) is 3.14.